The van der Waals surface area contributed by atoms with Gasteiger partial charge in [-0.05, 0) is 16.7 Å². The molecule has 5 heteroatoms. The molecule has 174 valence electrons. The molecule has 0 unspecified atom stereocenters. The summed E-state index contributed by atoms with van der Waals surface area (Å²) >= 11 is 0. The highest BCUT2D eigenvalue weighted by Gasteiger charge is 2.38. The summed E-state index contributed by atoms with van der Waals surface area (Å²) in [6.07, 6.45) is -0.665. The average Bonchev–Trinajstić information content (AvgIpc) is 3.05. The molecular weight excluding hydrogens is 416 g/mol. The molecule has 4 atom stereocenters. The number of hydrogen-bond donors (Lipinski definition) is 0. The van der Waals surface area contributed by atoms with E-state index in [1.165, 1.54) is 0 Å². The highest BCUT2D eigenvalue weighted by molar-refractivity contribution is 5.15. The molecule has 0 spiro atoms. The molecule has 1 heterocycles. The molecule has 0 radical (unpaired) electrons. The normalized spacial score (nSPS) is 23.2. The zero-order valence-corrected chi connectivity index (χ0v) is 19.0. The van der Waals surface area contributed by atoms with E-state index >= 15 is 0 Å². The van der Waals surface area contributed by atoms with Crippen molar-refractivity contribution in [1.82, 2.24) is 0 Å². The van der Waals surface area contributed by atoms with Crippen molar-refractivity contribution in [2.75, 3.05) is 13.7 Å². The summed E-state index contributed by atoms with van der Waals surface area (Å²) in [4.78, 5) is 0. The van der Waals surface area contributed by atoms with Crippen molar-refractivity contribution in [2.45, 2.75) is 50.8 Å². The molecule has 0 amide bonds. The van der Waals surface area contributed by atoms with Crippen molar-refractivity contribution in [3.05, 3.63) is 108 Å². The topological polar surface area (TPSA) is 46.2 Å². The van der Waals surface area contributed by atoms with Crippen molar-refractivity contribution >= 4 is 0 Å². The van der Waals surface area contributed by atoms with Crippen LogP contribution in [0, 0.1) is 0 Å². The molecule has 5 nitrogen and oxygen atoms in total. The molecule has 0 aromatic heterocycles. The van der Waals surface area contributed by atoms with Gasteiger partial charge in [-0.15, -0.1) is 0 Å². The van der Waals surface area contributed by atoms with E-state index in [9.17, 15) is 0 Å². The smallest absolute Gasteiger partial charge is 0.159 e. The van der Waals surface area contributed by atoms with Gasteiger partial charge in [0.25, 0.3) is 0 Å². The van der Waals surface area contributed by atoms with Crippen LogP contribution in [-0.2, 0) is 43.5 Å². The Morgan fingerprint density at radius 1 is 0.636 bits per heavy atom. The highest BCUT2D eigenvalue weighted by atomic mass is 16.7. The SMILES string of the molecule is CO[C@@H]1C[C@H](OCc2ccccc2)[C@@H](OCc2ccccc2)[C@H](OCc2ccccc2)CO1. The number of rotatable bonds is 10. The number of ether oxygens (including phenoxy) is 5. The Balaban J connectivity index is 1.51. The fourth-order valence-corrected chi connectivity index (χ4v) is 3.93. The molecule has 1 saturated heterocycles. The molecule has 0 N–H and O–H groups in total. The largest absolute Gasteiger partial charge is 0.371 e. The first-order valence-corrected chi connectivity index (χ1v) is 11.4. The third kappa shape index (κ3) is 7.22. The Hall–Kier alpha value is -2.54. The zero-order chi connectivity index (χ0) is 22.7. The highest BCUT2D eigenvalue weighted by Crippen LogP contribution is 2.26. The summed E-state index contributed by atoms with van der Waals surface area (Å²) in [6, 6.07) is 30.4. The minimum Gasteiger partial charge on any atom is -0.371 e. The summed E-state index contributed by atoms with van der Waals surface area (Å²) in [5, 5.41) is 0. The number of benzene rings is 3. The molecule has 0 bridgehead atoms. The molecule has 33 heavy (non-hydrogen) atoms. The predicted octanol–water partition coefficient (Wildman–Crippen LogP) is 5.14. The van der Waals surface area contributed by atoms with Crippen LogP contribution in [0.5, 0.6) is 0 Å². The Morgan fingerprint density at radius 2 is 1.09 bits per heavy atom. The van der Waals surface area contributed by atoms with Gasteiger partial charge in [-0.1, -0.05) is 91.0 Å². The second kappa shape index (κ2) is 12.6. The third-order valence-electron chi connectivity index (χ3n) is 5.77. The van der Waals surface area contributed by atoms with Gasteiger partial charge in [0.2, 0.25) is 0 Å². The lowest BCUT2D eigenvalue weighted by Gasteiger charge is -2.31. The van der Waals surface area contributed by atoms with Crippen LogP contribution in [0.15, 0.2) is 91.0 Å². The van der Waals surface area contributed by atoms with Gasteiger partial charge in [-0.25, -0.2) is 0 Å². The fraction of sp³-hybridized carbons (Fsp3) is 0.357. The Bertz CT molecular complexity index is 919. The second-order valence-electron chi connectivity index (χ2n) is 8.17. The average molecular weight is 449 g/mol. The number of hydrogen-bond acceptors (Lipinski definition) is 5. The van der Waals surface area contributed by atoms with E-state index in [0.717, 1.165) is 16.7 Å². The molecule has 1 fully saturated rings. The molecule has 4 rings (SSSR count). The standard InChI is InChI=1S/C28H32O5/c1-29-27-17-25(30-18-22-11-5-2-6-12-22)28(33-20-24-15-9-4-10-16-24)26(21-32-27)31-19-23-13-7-3-8-14-23/h2-16,25-28H,17-21H2,1H3/t25-,26+,27-,28+/m0/s1. The molecule has 0 saturated carbocycles. The maximum atomic E-state index is 6.46. The van der Waals surface area contributed by atoms with Crippen LogP contribution in [0.1, 0.15) is 23.1 Å². The first-order valence-electron chi connectivity index (χ1n) is 11.4. The molecule has 1 aliphatic heterocycles. The van der Waals surface area contributed by atoms with E-state index in [1.54, 1.807) is 7.11 Å². The quantitative estimate of drug-likeness (QED) is 0.430. The van der Waals surface area contributed by atoms with Crippen LogP contribution in [0.25, 0.3) is 0 Å². The van der Waals surface area contributed by atoms with Gasteiger partial charge >= 0.3 is 0 Å². The Morgan fingerprint density at radius 3 is 1.58 bits per heavy atom. The van der Waals surface area contributed by atoms with E-state index in [-0.39, 0.29) is 24.6 Å². The van der Waals surface area contributed by atoms with E-state index < -0.39 is 0 Å². The van der Waals surface area contributed by atoms with Crippen molar-refractivity contribution in [3.63, 3.8) is 0 Å². The van der Waals surface area contributed by atoms with Crippen molar-refractivity contribution in [1.29, 1.82) is 0 Å². The van der Waals surface area contributed by atoms with Gasteiger partial charge in [0.05, 0.1) is 32.5 Å². The van der Waals surface area contributed by atoms with Crippen LogP contribution < -0.4 is 0 Å². The minimum atomic E-state index is -0.376. The monoisotopic (exact) mass is 448 g/mol. The minimum absolute atomic E-state index is 0.248. The lowest BCUT2D eigenvalue weighted by Crippen LogP contribution is -2.43. The maximum Gasteiger partial charge on any atom is 0.159 e. The van der Waals surface area contributed by atoms with E-state index in [2.05, 4.69) is 36.4 Å². The fourth-order valence-electron chi connectivity index (χ4n) is 3.93. The van der Waals surface area contributed by atoms with Crippen LogP contribution in [0.4, 0.5) is 0 Å². The van der Waals surface area contributed by atoms with Crippen LogP contribution in [0.2, 0.25) is 0 Å². The van der Waals surface area contributed by atoms with Gasteiger partial charge in [0, 0.05) is 13.5 Å². The van der Waals surface area contributed by atoms with Crippen molar-refractivity contribution < 1.29 is 23.7 Å². The van der Waals surface area contributed by atoms with Crippen molar-refractivity contribution in [3.8, 4) is 0 Å². The first kappa shape index (κ1) is 23.6. The Labute approximate surface area is 196 Å². The Kier molecular flexibility index (Phi) is 9.04. The molecule has 0 aliphatic carbocycles. The zero-order valence-electron chi connectivity index (χ0n) is 19.0. The summed E-state index contributed by atoms with van der Waals surface area (Å²) < 4.78 is 30.8. The van der Waals surface area contributed by atoms with Gasteiger partial charge in [0.1, 0.15) is 12.2 Å². The molecule has 1 aliphatic rings. The lowest BCUT2D eigenvalue weighted by atomic mass is 10.1. The summed E-state index contributed by atoms with van der Waals surface area (Å²) in [6.45, 7) is 1.80. The van der Waals surface area contributed by atoms with Gasteiger partial charge in [0.15, 0.2) is 6.29 Å². The number of methoxy groups -OCH3 is 1. The maximum absolute atomic E-state index is 6.46. The van der Waals surface area contributed by atoms with Gasteiger partial charge in [-0.2, -0.15) is 0 Å². The van der Waals surface area contributed by atoms with E-state index in [1.807, 2.05) is 54.6 Å². The molecule has 3 aromatic rings. The predicted molar refractivity (Wildman–Crippen MR) is 126 cm³/mol. The lowest BCUT2D eigenvalue weighted by molar-refractivity contribution is -0.154. The summed E-state index contributed by atoms with van der Waals surface area (Å²) in [5.41, 5.74) is 3.32. The second-order valence-corrected chi connectivity index (χ2v) is 8.17. The van der Waals surface area contributed by atoms with E-state index in [4.69, 9.17) is 23.7 Å². The molecule has 3 aromatic carbocycles. The molecular formula is C28H32O5. The van der Waals surface area contributed by atoms with Gasteiger partial charge < -0.3 is 23.7 Å². The van der Waals surface area contributed by atoms with Crippen LogP contribution in [0.3, 0.4) is 0 Å². The van der Waals surface area contributed by atoms with E-state index in [0.29, 0.717) is 32.8 Å². The summed E-state index contributed by atoms with van der Waals surface area (Å²) in [5.74, 6) is 0. The van der Waals surface area contributed by atoms with Crippen LogP contribution in [-0.4, -0.2) is 38.3 Å². The first-order chi connectivity index (χ1) is 16.3. The van der Waals surface area contributed by atoms with Crippen LogP contribution >= 0.6 is 0 Å². The van der Waals surface area contributed by atoms with Crippen molar-refractivity contribution in [2.24, 2.45) is 0 Å². The van der Waals surface area contributed by atoms with Gasteiger partial charge in [-0.3, -0.25) is 0 Å². The summed E-state index contributed by atoms with van der Waals surface area (Å²) in [7, 11) is 1.66. The third-order valence-corrected chi connectivity index (χ3v) is 5.77.